The van der Waals surface area contributed by atoms with Gasteiger partial charge in [0, 0.05) is 18.8 Å². The van der Waals surface area contributed by atoms with Crippen LogP contribution in [0.3, 0.4) is 0 Å². The second kappa shape index (κ2) is 5.01. The molecule has 1 N–H and O–H groups in total. The molecule has 0 amide bonds. The highest BCUT2D eigenvalue weighted by molar-refractivity contribution is 5.71. The third-order valence-corrected chi connectivity index (χ3v) is 3.56. The SMILES string of the molecule is c1ccc2c(c1)CC(CNc1ccc3nccnc3n1)O2. The number of pyridine rings is 1. The molecule has 4 rings (SSSR count). The van der Waals surface area contributed by atoms with Crippen LogP contribution >= 0.6 is 0 Å². The van der Waals surface area contributed by atoms with Crippen molar-refractivity contribution in [2.24, 2.45) is 0 Å². The first kappa shape index (κ1) is 12.1. The summed E-state index contributed by atoms with van der Waals surface area (Å²) >= 11 is 0. The van der Waals surface area contributed by atoms with Crippen LogP contribution in [0.2, 0.25) is 0 Å². The predicted octanol–water partition coefficient (Wildman–Crippen LogP) is 2.44. The number of nitrogens with one attached hydrogen (secondary N) is 1. The molecule has 1 aliphatic heterocycles. The molecule has 0 saturated heterocycles. The Morgan fingerprint density at radius 2 is 2.00 bits per heavy atom. The van der Waals surface area contributed by atoms with Crippen LogP contribution < -0.4 is 10.1 Å². The fraction of sp³-hybridized carbons (Fsp3) is 0.188. The lowest BCUT2D eigenvalue weighted by Crippen LogP contribution is -2.24. The fourth-order valence-electron chi connectivity index (χ4n) is 2.54. The first-order valence-corrected chi connectivity index (χ1v) is 6.95. The maximum absolute atomic E-state index is 5.90. The molecule has 5 heteroatoms. The van der Waals surface area contributed by atoms with Gasteiger partial charge in [0.25, 0.3) is 0 Å². The first-order valence-electron chi connectivity index (χ1n) is 6.95. The second-order valence-corrected chi connectivity index (χ2v) is 5.03. The molecule has 0 fully saturated rings. The third kappa shape index (κ3) is 2.38. The van der Waals surface area contributed by atoms with Gasteiger partial charge < -0.3 is 10.1 Å². The van der Waals surface area contributed by atoms with E-state index in [0.717, 1.165) is 23.5 Å². The molecule has 1 unspecified atom stereocenters. The van der Waals surface area contributed by atoms with Crippen LogP contribution in [0.25, 0.3) is 11.2 Å². The fourth-order valence-corrected chi connectivity index (χ4v) is 2.54. The summed E-state index contributed by atoms with van der Waals surface area (Å²) in [4.78, 5) is 12.9. The zero-order chi connectivity index (χ0) is 14.1. The third-order valence-electron chi connectivity index (χ3n) is 3.56. The minimum absolute atomic E-state index is 0.141. The summed E-state index contributed by atoms with van der Waals surface area (Å²) in [6, 6.07) is 12.0. The summed E-state index contributed by atoms with van der Waals surface area (Å²) in [6.07, 6.45) is 4.38. The topological polar surface area (TPSA) is 59.9 Å². The van der Waals surface area contributed by atoms with Crippen LogP contribution in [0, 0.1) is 0 Å². The van der Waals surface area contributed by atoms with Crippen LogP contribution in [0.5, 0.6) is 5.75 Å². The van der Waals surface area contributed by atoms with Gasteiger partial charge >= 0.3 is 0 Å². The lowest BCUT2D eigenvalue weighted by Gasteiger charge is -2.12. The van der Waals surface area contributed by atoms with Crippen molar-refractivity contribution in [1.82, 2.24) is 15.0 Å². The van der Waals surface area contributed by atoms with E-state index in [0.29, 0.717) is 12.2 Å². The Morgan fingerprint density at radius 1 is 1.10 bits per heavy atom. The molecule has 2 aromatic heterocycles. The van der Waals surface area contributed by atoms with Crippen molar-refractivity contribution >= 4 is 17.0 Å². The van der Waals surface area contributed by atoms with Crippen LogP contribution in [0.15, 0.2) is 48.8 Å². The van der Waals surface area contributed by atoms with E-state index in [4.69, 9.17) is 4.74 Å². The van der Waals surface area contributed by atoms with Gasteiger partial charge in [0.2, 0.25) is 0 Å². The zero-order valence-corrected chi connectivity index (χ0v) is 11.4. The summed E-state index contributed by atoms with van der Waals surface area (Å²) in [5, 5.41) is 3.31. The Bertz CT molecular complexity index is 765. The van der Waals surface area contributed by atoms with Crippen molar-refractivity contribution in [2.75, 3.05) is 11.9 Å². The van der Waals surface area contributed by atoms with Crippen LogP contribution in [0.4, 0.5) is 5.82 Å². The van der Waals surface area contributed by atoms with E-state index < -0.39 is 0 Å². The highest BCUT2D eigenvalue weighted by Gasteiger charge is 2.21. The molecule has 5 nitrogen and oxygen atoms in total. The van der Waals surface area contributed by atoms with Gasteiger partial charge in [-0.1, -0.05) is 18.2 Å². The lowest BCUT2D eigenvalue weighted by atomic mass is 10.1. The van der Waals surface area contributed by atoms with Crippen molar-refractivity contribution in [3.63, 3.8) is 0 Å². The molecule has 0 saturated carbocycles. The largest absolute Gasteiger partial charge is 0.488 e. The minimum atomic E-state index is 0.141. The van der Waals surface area contributed by atoms with Crippen molar-refractivity contribution in [1.29, 1.82) is 0 Å². The second-order valence-electron chi connectivity index (χ2n) is 5.03. The van der Waals surface area contributed by atoms with Gasteiger partial charge in [0.05, 0.1) is 6.54 Å². The predicted molar refractivity (Wildman–Crippen MR) is 80.4 cm³/mol. The number of ether oxygens (including phenoxy) is 1. The monoisotopic (exact) mass is 278 g/mol. The number of anilines is 1. The summed E-state index contributed by atoms with van der Waals surface area (Å²) in [5.41, 5.74) is 2.72. The molecule has 3 heterocycles. The maximum Gasteiger partial charge on any atom is 0.180 e. The molecule has 0 aliphatic carbocycles. The number of hydrogen-bond donors (Lipinski definition) is 1. The van der Waals surface area contributed by atoms with E-state index in [9.17, 15) is 0 Å². The molecule has 21 heavy (non-hydrogen) atoms. The van der Waals surface area contributed by atoms with Gasteiger partial charge in [0.15, 0.2) is 5.65 Å². The van der Waals surface area contributed by atoms with Crippen LogP contribution in [-0.2, 0) is 6.42 Å². The number of hydrogen-bond acceptors (Lipinski definition) is 5. The van der Waals surface area contributed by atoms with Crippen molar-refractivity contribution in [2.45, 2.75) is 12.5 Å². The number of fused-ring (bicyclic) bond motifs is 2. The standard InChI is InChI=1S/C16H14N4O/c1-2-4-14-11(3-1)9-12(21-14)10-19-15-6-5-13-16(20-15)18-8-7-17-13/h1-8,12H,9-10H2,(H,18,19,20). The summed E-state index contributed by atoms with van der Waals surface area (Å²) in [7, 11) is 0. The number of nitrogens with zero attached hydrogens (tertiary/aromatic N) is 3. The molecule has 1 aliphatic rings. The quantitative estimate of drug-likeness (QED) is 0.797. The maximum atomic E-state index is 5.90. The van der Waals surface area contributed by atoms with Gasteiger partial charge in [-0.2, -0.15) is 0 Å². The highest BCUT2D eigenvalue weighted by Crippen LogP contribution is 2.28. The Morgan fingerprint density at radius 3 is 2.95 bits per heavy atom. The first-order chi connectivity index (χ1) is 10.4. The van der Waals surface area contributed by atoms with Gasteiger partial charge in [-0.05, 0) is 23.8 Å². The smallest absolute Gasteiger partial charge is 0.180 e. The molecule has 1 atom stereocenters. The van der Waals surface area contributed by atoms with Crippen molar-refractivity contribution in [3.8, 4) is 5.75 Å². The van der Waals surface area contributed by atoms with Gasteiger partial charge in [-0.3, -0.25) is 4.98 Å². The van der Waals surface area contributed by atoms with Crippen LogP contribution in [0.1, 0.15) is 5.56 Å². The van der Waals surface area contributed by atoms with E-state index in [1.807, 2.05) is 30.3 Å². The van der Waals surface area contributed by atoms with E-state index in [1.54, 1.807) is 12.4 Å². The number of para-hydroxylation sites is 1. The molecule has 3 aromatic rings. The van der Waals surface area contributed by atoms with Crippen molar-refractivity contribution < 1.29 is 4.74 Å². The number of aromatic nitrogens is 3. The molecule has 1 aromatic carbocycles. The van der Waals surface area contributed by atoms with Gasteiger partial charge in [-0.25, -0.2) is 9.97 Å². The Kier molecular flexibility index (Phi) is 2.88. The number of benzene rings is 1. The van der Waals surface area contributed by atoms with E-state index in [-0.39, 0.29) is 6.10 Å². The zero-order valence-electron chi connectivity index (χ0n) is 11.4. The summed E-state index contributed by atoms with van der Waals surface area (Å²) in [6.45, 7) is 0.716. The van der Waals surface area contributed by atoms with E-state index >= 15 is 0 Å². The number of rotatable bonds is 3. The molecular weight excluding hydrogens is 264 g/mol. The normalized spacial score (nSPS) is 16.5. The highest BCUT2D eigenvalue weighted by atomic mass is 16.5. The Balaban J connectivity index is 1.45. The Hall–Kier alpha value is -2.69. The Labute approximate surface area is 122 Å². The average molecular weight is 278 g/mol. The lowest BCUT2D eigenvalue weighted by molar-refractivity contribution is 0.246. The summed E-state index contributed by atoms with van der Waals surface area (Å²) in [5.74, 6) is 1.78. The van der Waals surface area contributed by atoms with Gasteiger partial charge in [-0.15, -0.1) is 0 Å². The molecule has 104 valence electrons. The van der Waals surface area contributed by atoms with Crippen molar-refractivity contribution in [3.05, 3.63) is 54.4 Å². The molecule has 0 radical (unpaired) electrons. The summed E-state index contributed by atoms with van der Waals surface area (Å²) < 4.78 is 5.90. The average Bonchev–Trinajstić information content (AvgIpc) is 2.95. The van der Waals surface area contributed by atoms with E-state index in [2.05, 4.69) is 26.3 Å². The van der Waals surface area contributed by atoms with E-state index in [1.165, 1.54) is 5.56 Å². The molecule has 0 bridgehead atoms. The van der Waals surface area contributed by atoms with Gasteiger partial charge in [0.1, 0.15) is 23.2 Å². The molecular formula is C16H14N4O. The molecule has 0 spiro atoms. The minimum Gasteiger partial charge on any atom is -0.488 e. The van der Waals surface area contributed by atoms with Crippen LogP contribution in [-0.4, -0.2) is 27.6 Å².